The molecule has 1 saturated heterocycles. The molecule has 0 bridgehead atoms. The number of amides is 1. The molecule has 0 saturated carbocycles. The van der Waals surface area contributed by atoms with Crippen molar-refractivity contribution in [2.24, 2.45) is 0 Å². The molecule has 2 aromatic heterocycles. The Morgan fingerprint density at radius 2 is 2.19 bits per heavy atom. The van der Waals surface area contributed by atoms with Gasteiger partial charge in [-0.15, -0.1) is 11.3 Å². The number of piperidine rings is 1. The van der Waals surface area contributed by atoms with Crippen LogP contribution in [0.4, 0.5) is 0 Å². The zero-order valence-corrected chi connectivity index (χ0v) is 15.6. The normalized spacial score (nSPS) is 18.2. The highest BCUT2D eigenvalue weighted by Crippen LogP contribution is 2.13. The van der Waals surface area contributed by atoms with E-state index >= 15 is 0 Å². The molecule has 6 heteroatoms. The lowest BCUT2D eigenvalue weighted by Gasteiger charge is -2.33. The first-order chi connectivity index (χ1) is 12.8. The quantitative estimate of drug-likeness (QED) is 0.728. The van der Waals surface area contributed by atoms with Crippen LogP contribution >= 0.6 is 11.3 Å². The third kappa shape index (κ3) is 4.31. The van der Waals surface area contributed by atoms with Gasteiger partial charge in [0.2, 0.25) is 5.91 Å². The van der Waals surface area contributed by atoms with Crippen LogP contribution in [0.25, 0.3) is 4.96 Å². The fourth-order valence-electron chi connectivity index (χ4n) is 3.61. The van der Waals surface area contributed by atoms with E-state index in [9.17, 15) is 4.79 Å². The summed E-state index contributed by atoms with van der Waals surface area (Å²) in [4.78, 5) is 20.3. The van der Waals surface area contributed by atoms with Gasteiger partial charge in [-0.25, -0.2) is 4.98 Å². The number of aromatic nitrogens is 2. The number of benzene rings is 1. The second kappa shape index (κ2) is 8.01. The molecule has 3 heterocycles. The average molecular weight is 369 g/mol. The summed E-state index contributed by atoms with van der Waals surface area (Å²) in [6.07, 6.45) is 7.53. The lowest BCUT2D eigenvalue weighted by Crippen LogP contribution is -2.48. The summed E-state index contributed by atoms with van der Waals surface area (Å²) in [5, 5.41) is 5.20. The number of fused-ring (bicyclic) bond motifs is 1. The Morgan fingerprint density at radius 3 is 3.04 bits per heavy atom. The number of hydrogen-bond donors (Lipinski definition) is 1. The van der Waals surface area contributed by atoms with Gasteiger partial charge in [0.25, 0.3) is 0 Å². The van der Waals surface area contributed by atoms with Gasteiger partial charge in [-0.2, -0.15) is 0 Å². The van der Waals surface area contributed by atoms with Gasteiger partial charge < -0.3 is 10.2 Å². The second-order valence-corrected chi connectivity index (χ2v) is 7.82. The van der Waals surface area contributed by atoms with Gasteiger partial charge >= 0.3 is 0 Å². The van der Waals surface area contributed by atoms with Crippen LogP contribution in [-0.4, -0.2) is 45.9 Å². The molecule has 5 nitrogen and oxygen atoms in total. The molecule has 136 valence electrons. The molecular weight excluding hydrogens is 344 g/mol. The molecule has 3 aromatic rings. The highest BCUT2D eigenvalue weighted by Gasteiger charge is 2.21. The standard InChI is InChI=1S/C20H24N4OS/c25-19(13-18-15-24-11-12-26-20(24)22-18)21-17-7-4-9-23(14-17)10-8-16-5-2-1-3-6-16/h1-3,5-6,11-12,15,17H,4,7-10,13-14H2,(H,21,25)/t17-/m0/s1. The van der Waals surface area contributed by atoms with Crippen LogP contribution in [0, 0.1) is 0 Å². The Labute approximate surface area is 157 Å². The Bertz CT molecular complexity index is 828. The van der Waals surface area contributed by atoms with Crippen molar-refractivity contribution in [2.45, 2.75) is 31.7 Å². The fourth-order valence-corrected chi connectivity index (χ4v) is 4.33. The lowest BCUT2D eigenvalue weighted by atomic mass is 10.0. The van der Waals surface area contributed by atoms with Gasteiger partial charge in [-0.05, 0) is 31.4 Å². The van der Waals surface area contributed by atoms with Gasteiger partial charge in [-0.1, -0.05) is 30.3 Å². The van der Waals surface area contributed by atoms with Crippen molar-refractivity contribution in [3.8, 4) is 0 Å². The fraction of sp³-hybridized carbons (Fsp3) is 0.400. The zero-order valence-electron chi connectivity index (χ0n) is 14.8. The summed E-state index contributed by atoms with van der Waals surface area (Å²) in [7, 11) is 0. The SMILES string of the molecule is O=C(Cc1cn2ccsc2n1)N[C@H]1CCCN(CCc2ccccc2)C1. The van der Waals surface area contributed by atoms with Crippen LogP contribution in [0.1, 0.15) is 24.1 Å². The van der Waals surface area contributed by atoms with Crippen molar-refractivity contribution in [3.05, 3.63) is 59.4 Å². The number of likely N-dealkylation sites (tertiary alicyclic amines) is 1. The first-order valence-electron chi connectivity index (χ1n) is 9.23. The number of imidazole rings is 1. The van der Waals surface area contributed by atoms with Crippen LogP contribution in [0.3, 0.4) is 0 Å². The Hall–Kier alpha value is -2.18. The summed E-state index contributed by atoms with van der Waals surface area (Å²) in [6, 6.07) is 10.8. The maximum Gasteiger partial charge on any atom is 0.226 e. The Balaban J connectivity index is 1.26. The van der Waals surface area contributed by atoms with Gasteiger partial charge in [0.1, 0.15) is 0 Å². The summed E-state index contributed by atoms with van der Waals surface area (Å²) in [6.45, 7) is 3.11. The minimum Gasteiger partial charge on any atom is -0.352 e. The van der Waals surface area contributed by atoms with E-state index in [4.69, 9.17) is 0 Å². The number of carbonyl (C=O) groups is 1. The number of nitrogens with zero attached hydrogens (tertiary/aromatic N) is 3. The van der Waals surface area contributed by atoms with Crippen LogP contribution in [0.5, 0.6) is 0 Å². The summed E-state index contributed by atoms with van der Waals surface area (Å²) in [5.41, 5.74) is 2.21. The van der Waals surface area contributed by atoms with Crippen molar-refractivity contribution >= 4 is 22.2 Å². The van der Waals surface area contributed by atoms with E-state index in [1.807, 2.05) is 22.2 Å². The van der Waals surface area contributed by atoms with Crippen LogP contribution in [0.2, 0.25) is 0 Å². The van der Waals surface area contributed by atoms with Crippen molar-refractivity contribution < 1.29 is 4.79 Å². The van der Waals surface area contributed by atoms with Gasteiger partial charge in [0, 0.05) is 36.9 Å². The summed E-state index contributed by atoms with van der Waals surface area (Å²) >= 11 is 1.59. The first kappa shape index (κ1) is 17.2. The summed E-state index contributed by atoms with van der Waals surface area (Å²) < 4.78 is 1.97. The average Bonchev–Trinajstić information content (AvgIpc) is 3.22. The third-order valence-electron chi connectivity index (χ3n) is 4.91. The Morgan fingerprint density at radius 1 is 1.31 bits per heavy atom. The van der Waals surface area contributed by atoms with Gasteiger partial charge in [0.15, 0.2) is 4.96 Å². The Kier molecular flexibility index (Phi) is 5.32. The van der Waals surface area contributed by atoms with E-state index in [1.165, 1.54) is 5.56 Å². The number of rotatable bonds is 6. The van der Waals surface area contributed by atoms with E-state index in [0.717, 1.165) is 49.6 Å². The molecule has 0 radical (unpaired) electrons. The maximum atomic E-state index is 12.4. The van der Waals surface area contributed by atoms with Crippen molar-refractivity contribution in [3.63, 3.8) is 0 Å². The van der Waals surface area contributed by atoms with E-state index in [1.54, 1.807) is 11.3 Å². The molecule has 0 unspecified atom stereocenters. The van der Waals surface area contributed by atoms with Crippen LogP contribution in [0.15, 0.2) is 48.1 Å². The van der Waals surface area contributed by atoms with E-state index in [2.05, 4.69) is 45.5 Å². The van der Waals surface area contributed by atoms with E-state index in [0.29, 0.717) is 6.42 Å². The molecule has 4 rings (SSSR count). The molecule has 1 aliphatic heterocycles. The number of hydrogen-bond acceptors (Lipinski definition) is 4. The molecule has 0 aliphatic carbocycles. The molecule has 1 N–H and O–H groups in total. The van der Waals surface area contributed by atoms with Gasteiger partial charge in [-0.3, -0.25) is 9.20 Å². The lowest BCUT2D eigenvalue weighted by molar-refractivity contribution is -0.121. The zero-order chi connectivity index (χ0) is 17.8. The predicted octanol–water partition coefficient (Wildman–Crippen LogP) is 2.76. The molecule has 1 fully saturated rings. The first-order valence-corrected chi connectivity index (χ1v) is 10.1. The van der Waals surface area contributed by atoms with Crippen molar-refractivity contribution in [1.82, 2.24) is 19.6 Å². The number of nitrogens with one attached hydrogen (secondary N) is 1. The van der Waals surface area contributed by atoms with E-state index < -0.39 is 0 Å². The molecular formula is C20H24N4OS. The minimum absolute atomic E-state index is 0.0747. The molecule has 1 aromatic carbocycles. The van der Waals surface area contributed by atoms with Crippen LogP contribution < -0.4 is 5.32 Å². The highest BCUT2D eigenvalue weighted by molar-refractivity contribution is 7.15. The summed E-state index contributed by atoms with van der Waals surface area (Å²) in [5.74, 6) is 0.0747. The van der Waals surface area contributed by atoms with Crippen LogP contribution in [-0.2, 0) is 17.6 Å². The monoisotopic (exact) mass is 368 g/mol. The minimum atomic E-state index is 0.0747. The predicted molar refractivity (Wildman–Crippen MR) is 105 cm³/mol. The second-order valence-electron chi connectivity index (χ2n) is 6.94. The molecule has 26 heavy (non-hydrogen) atoms. The molecule has 1 aliphatic rings. The third-order valence-corrected chi connectivity index (χ3v) is 5.69. The topological polar surface area (TPSA) is 49.6 Å². The number of thiazole rings is 1. The largest absolute Gasteiger partial charge is 0.352 e. The number of carbonyl (C=O) groups excluding carboxylic acids is 1. The molecule has 1 amide bonds. The highest BCUT2D eigenvalue weighted by atomic mass is 32.1. The van der Waals surface area contributed by atoms with Crippen molar-refractivity contribution in [2.75, 3.05) is 19.6 Å². The smallest absolute Gasteiger partial charge is 0.226 e. The maximum absolute atomic E-state index is 12.4. The molecule has 0 spiro atoms. The van der Waals surface area contributed by atoms with Gasteiger partial charge in [0.05, 0.1) is 12.1 Å². The van der Waals surface area contributed by atoms with E-state index in [-0.39, 0.29) is 11.9 Å². The molecule has 1 atom stereocenters. The van der Waals surface area contributed by atoms with Crippen molar-refractivity contribution in [1.29, 1.82) is 0 Å².